The Balaban J connectivity index is 2.20. The number of carbonyl (C=O) groups is 1. The fourth-order valence-corrected chi connectivity index (χ4v) is 2.39. The van der Waals surface area contributed by atoms with Gasteiger partial charge in [-0.15, -0.1) is 0 Å². The lowest BCUT2D eigenvalue weighted by atomic mass is 9.87. The maximum absolute atomic E-state index is 11.4. The Kier molecular flexibility index (Phi) is 2.90. The van der Waals surface area contributed by atoms with Gasteiger partial charge in [-0.05, 0) is 19.4 Å². The molecule has 0 aromatic rings. The average molecular weight is 225 g/mol. The van der Waals surface area contributed by atoms with E-state index in [1.54, 1.807) is 0 Å². The minimum Gasteiger partial charge on any atom is -0.395 e. The van der Waals surface area contributed by atoms with Crippen LogP contribution >= 0.6 is 0 Å². The third-order valence-electron chi connectivity index (χ3n) is 3.29. The number of urea groups is 1. The van der Waals surface area contributed by atoms with Gasteiger partial charge in [-0.3, -0.25) is 4.90 Å². The van der Waals surface area contributed by atoms with Gasteiger partial charge in [0.1, 0.15) is 0 Å². The van der Waals surface area contributed by atoms with Crippen LogP contribution in [0.2, 0.25) is 0 Å². The van der Waals surface area contributed by atoms with Gasteiger partial charge in [0.15, 0.2) is 0 Å². The summed E-state index contributed by atoms with van der Waals surface area (Å²) in [6, 6.07) is -0.112. The van der Waals surface area contributed by atoms with E-state index in [0.717, 1.165) is 25.2 Å². The van der Waals surface area contributed by atoms with Crippen LogP contribution in [0.3, 0.4) is 0 Å². The number of hydrogen-bond donors (Lipinski definition) is 3. The van der Waals surface area contributed by atoms with Crippen LogP contribution in [-0.4, -0.2) is 47.8 Å². The van der Waals surface area contributed by atoms with Crippen LogP contribution in [0.15, 0.2) is 11.3 Å². The first-order valence-corrected chi connectivity index (χ1v) is 5.68. The number of aliphatic hydroxyl groups is 1. The second-order valence-electron chi connectivity index (χ2n) is 4.91. The van der Waals surface area contributed by atoms with Crippen molar-refractivity contribution in [3.8, 4) is 0 Å². The first-order valence-electron chi connectivity index (χ1n) is 5.68. The number of nitrogens with zero attached hydrogens (tertiary/aromatic N) is 1. The molecule has 2 aliphatic rings. The SMILES string of the molecule is CC1(C)NC(=O)NC2=C1CN(CCO)CC2. The first kappa shape index (κ1) is 11.4. The molecule has 2 rings (SSSR count). The molecule has 90 valence electrons. The molecule has 0 saturated carbocycles. The highest BCUT2D eigenvalue weighted by atomic mass is 16.3. The Morgan fingerprint density at radius 3 is 2.94 bits per heavy atom. The Morgan fingerprint density at radius 1 is 1.50 bits per heavy atom. The van der Waals surface area contributed by atoms with Crippen molar-refractivity contribution in [3.05, 3.63) is 11.3 Å². The number of amides is 2. The number of aliphatic hydroxyl groups excluding tert-OH is 1. The normalized spacial score (nSPS) is 24.8. The molecule has 0 atom stereocenters. The highest BCUT2D eigenvalue weighted by molar-refractivity contribution is 5.79. The molecule has 5 nitrogen and oxygen atoms in total. The lowest BCUT2D eigenvalue weighted by Crippen LogP contribution is -2.58. The quantitative estimate of drug-likeness (QED) is 0.621. The van der Waals surface area contributed by atoms with Gasteiger partial charge in [0.05, 0.1) is 12.1 Å². The van der Waals surface area contributed by atoms with E-state index in [0.29, 0.717) is 6.54 Å². The van der Waals surface area contributed by atoms with Crippen molar-refractivity contribution in [1.29, 1.82) is 0 Å². The summed E-state index contributed by atoms with van der Waals surface area (Å²) in [4.78, 5) is 13.6. The number of hydrogen-bond acceptors (Lipinski definition) is 3. The molecule has 0 aliphatic carbocycles. The van der Waals surface area contributed by atoms with Gasteiger partial charge in [0.2, 0.25) is 0 Å². The van der Waals surface area contributed by atoms with Crippen molar-refractivity contribution >= 4 is 6.03 Å². The molecule has 0 bridgehead atoms. The summed E-state index contributed by atoms with van der Waals surface area (Å²) in [5, 5.41) is 14.7. The summed E-state index contributed by atoms with van der Waals surface area (Å²) in [6.45, 7) is 6.63. The van der Waals surface area contributed by atoms with Gasteiger partial charge in [-0.25, -0.2) is 4.79 Å². The van der Waals surface area contributed by atoms with E-state index in [4.69, 9.17) is 5.11 Å². The van der Waals surface area contributed by atoms with Crippen molar-refractivity contribution in [2.45, 2.75) is 25.8 Å². The van der Waals surface area contributed by atoms with Crippen LogP contribution < -0.4 is 10.6 Å². The van der Waals surface area contributed by atoms with E-state index in [1.807, 2.05) is 13.8 Å². The van der Waals surface area contributed by atoms with E-state index in [9.17, 15) is 4.79 Å². The summed E-state index contributed by atoms with van der Waals surface area (Å²) in [5.41, 5.74) is 2.00. The van der Waals surface area contributed by atoms with Crippen LogP contribution in [0.5, 0.6) is 0 Å². The Hall–Kier alpha value is -1.07. The molecule has 16 heavy (non-hydrogen) atoms. The van der Waals surface area contributed by atoms with Crippen LogP contribution in [0, 0.1) is 0 Å². The third-order valence-corrected chi connectivity index (χ3v) is 3.29. The van der Waals surface area contributed by atoms with Gasteiger partial charge in [0, 0.05) is 31.8 Å². The molecule has 2 aliphatic heterocycles. The number of β-amino-alcohol motifs (C(OH)–C–C–N with tert-alkyl or cyclic N) is 1. The molecular formula is C11H19N3O2. The van der Waals surface area contributed by atoms with Gasteiger partial charge in [-0.1, -0.05) is 0 Å². The topological polar surface area (TPSA) is 64.6 Å². The molecule has 0 aromatic heterocycles. The smallest absolute Gasteiger partial charge is 0.319 e. The Morgan fingerprint density at radius 2 is 2.25 bits per heavy atom. The standard InChI is InChI=1S/C11H19N3O2/c1-11(2)8-7-14(5-6-15)4-3-9(8)12-10(16)13-11/h15H,3-7H2,1-2H3,(H2,12,13,16). The summed E-state index contributed by atoms with van der Waals surface area (Å²) in [6.07, 6.45) is 0.853. The van der Waals surface area contributed by atoms with Gasteiger partial charge >= 0.3 is 6.03 Å². The summed E-state index contributed by atoms with van der Waals surface area (Å²) >= 11 is 0. The van der Waals surface area contributed by atoms with Crippen molar-refractivity contribution in [2.24, 2.45) is 0 Å². The zero-order valence-electron chi connectivity index (χ0n) is 9.84. The summed E-state index contributed by atoms with van der Waals surface area (Å²) < 4.78 is 0. The van der Waals surface area contributed by atoms with Crippen molar-refractivity contribution in [1.82, 2.24) is 15.5 Å². The summed E-state index contributed by atoms with van der Waals surface area (Å²) in [7, 11) is 0. The lowest BCUT2D eigenvalue weighted by Gasteiger charge is -2.42. The molecule has 0 aromatic carbocycles. The monoisotopic (exact) mass is 225 g/mol. The fraction of sp³-hybridized carbons (Fsp3) is 0.727. The second-order valence-corrected chi connectivity index (χ2v) is 4.91. The van der Waals surface area contributed by atoms with Crippen LogP contribution in [0.4, 0.5) is 4.79 Å². The van der Waals surface area contributed by atoms with E-state index in [2.05, 4.69) is 15.5 Å². The summed E-state index contributed by atoms with van der Waals surface area (Å²) in [5.74, 6) is 0. The van der Waals surface area contributed by atoms with Crippen LogP contribution in [-0.2, 0) is 0 Å². The zero-order valence-corrected chi connectivity index (χ0v) is 9.84. The number of rotatable bonds is 2. The Bertz CT molecular complexity index is 336. The van der Waals surface area contributed by atoms with Crippen molar-refractivity contribution in [3.63, 3.8) is 0 Å². The predicted octanol–water partition coefficient (Wildman–Crippen LogP) is 0.0299. The number of nitrogens with one attached hydrogen (secondary N) is 2. The first-order chi connectivity index (χ1) is 7.53. The highest BCUT2D eigenvalue weighted by Crippen LogP contribution is 2.28. The average Bonchev–Trinajstić information content (AvgIpc) is 2.18. The third kappa shape index (κ3) is 2.05. The molecule has 0 unspecified atom stereocenters. The van der Waals surface area contributed by atoms with Crippen molar-refractivity contribution in [2.75, 3.05) is 26.2 Å². The van der Waals surface area contributed by atoms with Gasteiger partial charge in [-0.2, -0.15) is 0 Å². The molecule has 2 heterocycles. The molecular weight excluding hydrogens is 206 g/mol. The largest absolute Gasteiger partial charge is 0.395 e. The van der Waals surface area contributed by atoms with Crippen LogP contribution in [0.1, 0.15) is 20.3 Å². The maximum atomic E-state index is 11.4. The van der Waals surface area contributed by atoms with E-state index in [-0.39, 0.29) is 18.2 Å². The Labute approximate surface area is 95.5 Å². The van der Waals surface area contributed by atoms with E-state index >= 15 is 0 Å². The maximum Gasteiger partial charge on any atom is 0.319 e. The zero-order chi connectivity index (χ0) is 11.8. The predicted molar refractivity (Wildman–Crippen MR) is 60.9 cm³/mol. The van der Waals surface area contributed by atoms with Crippen molar-refractivity contribution < 1.29 is 9.90 Å². The van der Waals surface area contributed by atoms with Gasteiger partial charge in [0.25, 0.3) is 0 Å². The molecule has 0 spiro atoms. The van der Waals surface area contributed by atoms with E-state index in [1.165, 1.54) is 5.57 Å². The van der Waals surface area contributed by atoms with Gasteiger partial charge < -0.3 is 15.7 Å². The fourth-order valence-electron chi connectivity index (χ4n) is 2.39. The molecule has 3 N–H and O–H groups in total. The molecule has 0 radical (unpaired) electrons. The highest BCUT2D eigenvalue weighted by Gasteiger charge is 2.35. The van der Waals surface area contributed by atoms with E-state index < -0.39 is 0 Å². The molecule has 0 fully saturated rings. The molecule has 0 saturated heterocycles. The second kappa shape index (κ2) is 4.07. The van der Waals surface area contributed by atoms with Crippen LogP contribution in [0.25, 0.3) is 0 Å². The minimum absolute atomic E-state index is 0.112. The number of carbonyl (C=O) groups excluding carboxylic acids is 1. The molecule has 5 heteroatoms. The molecule has 2 amide bonds. The lowest BCUT2D eigenvalue weighted by molar-refractivity contribution is 0.184. The minimum atomic E-state index is -0.286.